The zero-order valence-electron chi connectivity index (χ0n) is 35.5. The Balaban J connectivity index is 0.945. The number of nitrogens with zero attached hydrogens (tertiary/aromatic N) is 3. The second-order valence-electron chi connectivity index (χ2n) is 16.6. The number of anilines is 1. The molecule has 1 aromatic heterocycles. The average molecular weight is 965 g/mol. The summed E-state index contributed by atoms with van der Waals surface area (Å²) in [6.45, 7) is 2.61. The number of nitriles is 1. The number of carboxylic acid groups (broad SMARTS) is 1. The molecule has 1 fully saturated rings. The van der Waals surface area contributed by atoms with Crippen LogP contribution in [-0.4, -0.2) is 59.9 Å². The van der Waals surface area contributed by atoms with Crippen LogP contribution in [0.4, 0.5) is 5.13 Å². The third-order valence-corrected chi connectivity index (χ3v) is 16.1. The summed E-state index contributed by atoms with van der Waals surface area (Å²) < 4.78 is 49.4. The van der Waals surface area contributed by atoms with Crippen molar-refractivity contribution in [3.05, 3.63) is 152 Å². The molecule has 0 bridgehead atoms. The van der Waals surface area contributed by atoms with Gasteiger partial charge in [-0.15, -0.1) is 0 Å². The normalized spacial score (nSPS) is 17.2. The van der Waals surface area contributed by atoms with Crippen molar-refractivity contribution in [3.63, 3.8) is 0 Å². The number of carbonyl (C=O) groups is 2. The molecule has 6 aromatic rings. The van der Waals surface area contributed by atoms with Gasteiger partial charge in [0.2, 0.25) is 5.91 Å². The lowest BCUT2D eigenvalue weighted by Gasteiger charge is -2.36. The second kappa shape index (κ2) is 19.0. The fourth-order valence-electron chi connectivity index (χ4n) is 7.97. The number of carboxylic acids is 1. The number of rotatable bonds is 15. The fourth-order valence-corrected chi connectivity index (χ4v) is 11.4. The van der Waals surface area contributed by atoms with E-state index in [1.54, 1.807) is 55.5 Å². The molecule has 66 heavy (non-hydrogen) atoms. The Hall–Kier alpha value is -6.15. The standard InChI is InChI=1S/C49H43Cl2N5O8S2/c1-28-48(65-49(54-28)53-24-31-2-3-31)66(60,61)56-25-37-22-44-43(63-27-45(64-44)35-13-15-38(16-14-35)62-26-32-8-17-39(50)40(51)18-32)21-36(37)20-42(56)46(57)55-41(47(58)59)19-29-4-9-33(10-5-29)34-11-6-30(23-52)7-12-34/h4-18,21-22,31,41-42,45H,2-3,19-20,24-27H2,1H3,(H,53,54)(H,55,57)(H,58,59). The van der Waals surface area contributed by atoms with Crippen molar-refractivity contribution >= 4 is 61.6 Å². The Morgan fingerprint density at radius 2 is 1.64 bits per heavy atom. The van der Waals surface area contributed by atoms with Crippen LogP contribution in [0.1, 0.15) is 58.0 Å². The van der Waals surface area contributed by atoms with Gasteiger partial charge < -0.3 is 30.0 Å². The largest absolute Gasteiger partial charge is 0.489 e. The minimum atomic E-state index is -4.36. The summed E-state index contributed by atoms with van der Waals surface area (Å²) in [5.41, 5.74) is 6.23. The van der Waals surface area contributed by atoms with E-state index in [4.69, 9.17) is 42.7 Å². The van der Waals surface area contributed by atoms with Crippen LogP contribution in [-0.2, 0) is 45.6 Å². The number of carbonyl (C=O) groups excluding carboxylic acids is 1. The molecule has 0 spiro atoms. The van der Waals surface area contributed by atoms with Crippen LogP contribution >= 0.6 is 34.5 Å². The van der Waals surface area contributed by atoms with Gasteiger partial charge in [-0.25, -0.2) is 18.2 Å². The molecular formula is C49H43Cl2N5O8S2. The highest BCUT2D eigenvalue weighted by atomic mass is 35.5. The lowest BCUT2D eigenvalue weighted by molar-refractivity contribution is -0.142. The summed E-state index contributed by atoms with van der Waals surface area (Å²) in [7, 11) is -4.36. The van der Waals surface area contributed by atoms with E-state index >= 15 is 0 Å². The highest BCUT2D eigenvalue weighted by molar-refractivity contribution is 7.91. The molecule has 338 valence electrons. The predicted octanol–water partition coefficient (Wildman–Crippen LogP) is 9.14. The Morgan fingerprint density at radius 1 is 0.939 bits per heavy atom. The molecule has 5 aromatic carbocycles. The van der Waals surface area contributed by atoms with Crippen LogP contribution in [0.3, 0.4) is 0 Å². The number of aromatic nitrogens is 1. The smallest absolute Gasteiger partial charge is 0.326 e. The SMILES string of the molecule is Cc1nc(NCC2CC2)sc1S(=O)(=O)N1Cc2cc3c(cc2CC1C(=O)NC(Cc1ccc(-c2ccc(C#N)cc2)cc1)C(=O)O)OCC(c1ccc(OCc2ccc(Cl)c(Cl)c2)cc1)O3. The molecular weight excluding hydrogens is 922 g/mol. The van der Waals surface area contributed by atoms with Crippen molar-refractivity contribution in [3.8, 4) is 34.4 Å². The minimum absolute atomic E-state index is 0.00110. The number of benzene rings is 5. The van der Waals surface area contributed by atoms with E-state index in [1.165, 1.54) is 0 Å². The number of amides is 1. The zero-order valence-corrected chi connectivity index (χ0v) is 38.6. The van der Waals surface area contributed by atoms with Gasteiger partial charge in [-0.2, -0.15) is 9.57 Å². The first kappa shape index (κ1) is 45.0. The third kappa shape index (κ3) is 9.98. The monoisotopic (exact) mass is 963 g/mol. The molecule has 0 radical (unpaired) electrons. The van der Waals surface area contributed by atoms with Crippen LogP contribution in [0.25, 0.3) is 11.1 Å². The summed E-state index contributed by atoms with van der Waals surface area (Å²) in [6.07, 6.45) is 1.62. The molecule has 3 heterocycles. The van der Waals surface area contributed by atoms with Crippen molar-refractivity contribution in [1.29, 1.82) is 5.26 Å². The van der Waals surface area contributed by atoms with E-state index < -0.39 is 40.1 Å². The number of nitrogens with one attached hydrogen (secondary N) is 2. The maximum atomic E-state index is 14.8. The second-order valence-corrected chi connectivity index (χ2v) is 20.5. The number of hydrogen-bond acceptors (Lipinski definition) is 11. The molecule has 3 atom stereocenters. The number of hydrogen-bond donors (Lipinski definition) is 3. The molecule has 2 aliphatic heterocycles. The van der Waals surface area contributed by atoms with E-state index in [0.717, 1.165) is 50.7 Å². The molecule has 3 aliphatic rings. The summed E-state index contributed by atoms with van der Waals surface area (Å²) >= 11 is 13.2. The maximum absolute atomic E-state index is 14.8. The molecule has 3 N–H and O–H groups in total. The highest BCUT2D eigenvalue weighted by Crippen LogP contribution is 2.43. The Labute approximate surface area is 395 Å². The lowest BCUT2D eigenvalue weighted by atomic mass is 9.94. The van der Waals surface area contributed by atoms with E-state index in [1.807, 2.05) is 54.6 Å². The van der Waals surface area contributed by atoms with Crippen molar-refractivity contribution in [2.24, 2.45) is 5.92 Å². The summed E-state index contributed by atoms with van der Waals surface area (Å²) in [5, 5.41) is 26.8. The fraction of sp³-hybridized carbons (Fsp3) is 0.265. The number of halogens is 2. The number of fused-ring (bicyclic) bond motifs is 2. The van der Waals surface area contributed by atoms with Gasteiger partial charge in [-0.1, -0.05) is 89.1 Å². The van der Waals surface area contributed by atoms with Gasteiger partial charge in [0.15, 0.2) is 26.9 Å². The molecule has 1 aliphatic carbocycles. The summed E-state index contributed by atoms with van der Waals surface area (Å²) in [4.78, 5) is 31.6. The lowest BCUT2D eigenvalue weighted by Crippen LogP contribution is -2.55. The molecule has 17 heteroatoms. The number of thiazole rings is 1. The Morgan fingerprint density at radius 3 is 2.32 bits per heavy atom. The number of sulfonamides is 1. The molecule has 13 nitrogen and oxygen atoms in total. The van der Waals surface area contributed by atoms with Crippen LogP contribution in [0.15, 0.2) is 107 Å². The van der Waals surface area contributed by atoms with Crippen LogP contribution in [0.5, 0.6) is 17.2 Å². The molecule has 3 unspecified atom stereocenters. The van der Waals surface area contributed by atoms with Gasteiger partial charge in [0.1, 0.15) is 31.0 Å². The Kier molecular flexibility index (Phi) is 13.0. The first-order valence-corrected chi connectivity index (χ1v) is 24.3. The van der Waals surface area contributed by atoms with Gasteiger partial charge in [-0.3, -0.25) is 4.79 Å². The predicted molar refractivity (Wildman–Crippen MR) is 251 cm³/mol. The van der Waals surface area contributed by atoms with E-state index in [9.17, 15) is 23.1 Å². The average Bonchev–Trinajstić information content (AvgIpc) is 4.08. The summed E-state index contributed by atoms with van der Waals surface area (Å²) in [6, 6.07) is 30.1. The number of aliphatic carboxylic acids is 1. The van der Waals surface area contributed by atoms with Gasteiger partial charge in [0, 0.05) is 19.5 Å². The van der Waals surface area contributed by atoms with Crippen LogP contribution in [0.2, 0.25) is 10.0 Å². The molecule has 1 amide bonds. The zero-order chi connectivity index (χ0) is 46.1. The van der Waals surface area contributed by atoms with E-state index in [0.29, 0.717) is 79.4 Å². The number of ether oxygens (including phenoxy) is 3. The molecule has 0 saturated heterocycles. The highest BCUT2D eigenvalue weighted by Gasteiger charge is 2.43. The third-order valence-electron chi connectivity index (χ3n) is 11.8. The minimum Gasteiger partial charge on any atom is -0.489 e. The van der Waals surface area contributed by atoms with Crippen molar-refractivity contribution < 1.29 is 37.3 Å². The van der Waals surface area contributed by atoms with Gasteiger partial charge >= 0.3 is 5.97 Å². The van der Waals surface area contributed by atoms with Gasteiger partial charge in [-0.05, 0) is 120 Å². The topological polar surface area (TPSA) is 180 Å². The molecule has 1 saturated carbocycles. The quantitative estimate of drug-likeness (QED) is 0.0894. The van der Waals surface area contributed by atoms with Gasteiger partial charge in [0.05, 0.1) is 27.4 Å². The van der Waals surface area contributed by atoms with Crippen LogP contribution in [0, 0.1) is 24.2 Å². The first-order chi connectivity index (χ1) is 31.8. The maximum Gasteiger partial charge on any atom is 0.326 e. The molecule has 9 rings (SSSR count). The van der Waals surface area contributed by atoms with E-state index in [-0.39, 0.29) is 30.2 Å². The van der Waals surface area contributed by atoms with Crippen LogP contribution < -0.4 is 24.8 Å². The number of aryl methyl sites for hydroxylation is 1. The van der Waals surface area contributed by atoms with E-state index in [2.05, 4.69) is 21.7 Å². The first-order valence-electron chi connectivity index (χ1n) is 21.3. The van der Waals surface area contributed by atoms with Gasteiger partial charge in [0.25, 0.3) is 10.0 Å². The van der Waals surface area contributed by atoms with Crippen molar-refractivity contribution in [2.75, 3.05) is 18.5 Å². The Bertz CT molecular complexity index is 2960. The summed E-state index contributed by atoms with van der Waals surface area (Å²) in [5.74, 6) is 0.0117. The van der Waals surface area contributed by atoms with Crippen molar-refractivity contribution in [1.82, 2.24) is 14.6 Å². The van der Waals surface area contributed by atoms with Crippen molar-refractivity contribution in [2.45, 2.75) is 68.2 Å².